The van der Waals surface area contributed by atoms with Crippen LogP contribution in [-0.4, -0.2) is 16.0 Å². The van der Waals surface area contributed by atoms with Crippen LogP contribution in [0.3, 0.4) is 0 Å². The van der Waals surface area contributed by atoms with Gasteiger partial charge in [-0.3, -0.25) is 4.98 Å². The van der Waals surface area contributed by atoms with Gasteiger partial charge < -0.3 is 16.3 Å². The first kappa shape index (κ1) is 11.4. The molecule has 5 nitrogen and oxygen atoms in total. The maximum Gasteiger partial charge on any atom is 0.188 e. The molecule has 17 heavy (non-hydrogen) atoms. The Morgan fingerprint density at radius 1 is 1.53 bits per heavy atom. The fourth-order valence-corrected chi connectivity index (χ4v) is 1.96. The van der Waals surface area contributed by atoms with Crippen LogP contribution in [0, 0.1) is 0 Å². The largest absolute Gasteiger partial charge is 0.409 e. The summed E-state index contributed by atoms with van der Waals surface area (Å²) in [4.78, 5) is 4.01. The van der Waals surface area contributed by atoms with Gasteiger partial charge in [-0.05, 0) is 29.1 Å². The lowest BCUT2D eigenvalue weighted by Crippen LogP contribution is -2.15. The second-order valence-electron chi connectivity index (χ2n) is 3.40. The van der Waals surface area contributed by atoms with Crippen LogP contribution in [0.4, 0.5) is 5.69 Å². The molecule has 0 saturated heterocycles. The van der Waals surface area contributed by atoms with Gasteiger partial charge in [0.15, 0.2) is 5.84 Å². The minimum atomic E-state index is 0.0161. The van der Waals surface area contributed by atoms with Crippen molar-refractivity contribution in [3.8, 4) is 0 Å². The van der Waals surface area contributed by atoms with E-state index in [1.807, 2.05) is 22.9 Å². The van der Waals surface area contributed by atoms with Crippen LogP contribution in [0.5, 0.6) is 0 Å². The van der Waals surface area contributed by atoms with E-state index in [0.717, 1.165) is 11.3 Å². The molecule has 0 amide bonds. The van der Waals surface area contributed by atoms with E-state index < -0.39 is 0 Å². The van der Waals surface area contributed by atoms with Gasteiger partial charge in [0.1, 0.15) is 5.69 Å². The summed E-state index contributed by atoms with van der Waals surface area (Å²) in [7, 11) is 0. The Labute approximate surface area is 103 Å². The van der Waals surface area contributed by atoms with Crippen molar-refractivity contribution >= 4 is 22.9 Å². The number of nitrogens with one attached hydrogen (secondary N) is 1. The molecule has 2 aromatic rings. The predicted octanol–water partition coefficient (Wildman–Crippen LogP) is 1.85. The van der Waals surface area contributed by atoms with Crippen LogP contribution in [0.1, 0.15) is 11.3 Å². The van der Waals surface area contributed by atoms with E-state index in [4.69, 9.17) is 10.9 Å². The molecule has 0 aliphatic rings. The molecule has 0 unspecified atom stereocenters. The second kappa shape index (κ2) is 5.31. The van der Waals surface area contributed by atoms with Gasteiger partial charge in [-0.15, -0.1) is 0 Å². The van der Waals surface area contributed by atoms with Gasteiger partial charge in [0, 0.05) is 23.8 Å². The number of anilines is 1. The molecule has 0 fully saturated rings. The topological polar surface area (TPSA) is 83.5 Å². The van der Waals surface area contributed by atoms with Crippen LogP contribution in [0.25, 0.3) is 0 Å². The summed E-state index contributed by atoms with van der Waals surface area (Å²) in [5.74, 6) is 0.0161. The molecule has 0 radical (unpaired) electrons. The molecule has 0 atom stereocenters. The first-order valence-corrected chi connectivity index (χ1v) is 5.93. The van der Waals surface area contributed by atoms with E-state index in [9.17, 15) is 0 Å². The van der Waals surface area contributed by atoms with Crippen molar-refractivity contribution in [2.24, 2.45) is 10.9 Å². The highest BCUT2D eigenvalue weighted by atomic mass is 32.1. The third-order valence-corrected chi connectivity index (χ3v) is 2.90. The standard InChI is InChI=1S/C11H12N4OS/c12-11(15-16)10-5-8(1-3-13-10)6-14-9-2-4-17-7-9/h1-5,7,14,16H,6H2,(H2,12,15). The molecule has 0 aliphatic carbocycles. The summed E-state index contributed by atoms with van der Waals surface area (Å²) < 4.78 is 0. The number of nitrogens with zero attached hydrogens (tertiary/aromatic N) is 2. The summed E-state index contributed by atoms with van der Waals surface area (Å²) in [6.45, 7) is 0.672. The van der Waals surface area contributed by atoms with Crippen molar-refractivity contribution in [3.63, 3.8) is 0 Å². The molecule has 4 N–H and O–H groups in total. The van der Waals surface area contributed by atoms with Crippen molar-refractivity contribution in [3.05, 3.63) is 46.4 Å². The molecule has 0 spiro atoms. The van der Waals surface area contributed by atoms with Gasteiger partial charge in [0.25, 0.3) is 0 Å². The lowest BCUT2D eigenvalue weighted by Gasteiger charge is -2.05. The Kier molecular flexibility index (Phi) is 3.56. The van der Waals surface area contributed by atoms with Gasteiger partial charge in [-0.25, -0.2) is 0 Å². The van der Waals surface area contributed by atoms with Gasteiger partial charge in [0.05, 0.1) is 0 Å². The smallest absolute Gasteiger partial charge is 0.188 e. The molecule has 0 aromatic carbocycles. The summed E-state index contributed by atoms with van der Waals surface area (Å²) in [6.07, 6.45) is 1.64. The van der Waals surface area contributed by atoms with Crippen LogP contribution in [0.15, 0.2) is 40.3 Å². The fourth-order valence-electron chi connectivity index (χ4n) is 1.34. The van der Waals surface area contributed by atoms with Crippen molar-refractivity contribution in [1.82, 2.24) is 4.98 Å². The molecule has 0 saturated carbocycles. The van der Waals surface area contributed by atoms with Crippen LogP contribution in [-0.2, 0) is 6.54 Å². The molecule has 0 bridgehead atoms. The Balaban J connectivity index is 2.06. The molecule has 88 valence electrons. The van der Waals surface area contributed by atoms with Crippen LogP contribution in [0.2, 0.25) is 0 Å². The number of amidine groups is 1. The lowest BCUT2D eigenvalue weighted by molar-refractivity contribution is 0.318. The average Bonchev–Trinajstić information content (AvgIpc) is 2.89. The van der Waals surface area contributed by atoms with E-state index in [2.05, 4.69) is 15.5 Å². The number of rotatable bonds is 4. The zero-order valence-electron chi connectivity index (χ0n) is 9.00. The minimum Gasteiger partial charge on any atom is -0.409 e. The average molecular weight is 248 g/mol. The molecule has 2 aromatic heterocycles. The van der Waals surface area contributed by atoms with Crippen molar-refractivity contribution in [2.45, 2.75) is 6.54 Å². The normalized spacial score (nSPS) is 11.4. The third kappa shape index (κ3) is 2.94. The zero-order valence-corrected chi connectivity index (χ0v) is 9.81. The number of thiophene rings is 1. The summed E-state index contributed by atoms with van der Waals surface area (Å²) in [6, 6.07) is 5.68. The monoisotopic (exact) mass is 248 g/mol. The number of aromatic nitrogens is 1. The number of nitrogens with two attached hydrogens (primary N) is 1. The number of hydrogen-bond acceptors (Lipinski definition) is 5. The van der Waals surface area contributed by atoms with E-state index in [1.54, 1.807) is 23.6 Å². The van der Waals surface area contributed by atoms with Gasteiger partial charge in [-0.2, -0.15) is 11.3 Å². The van der Waals surface area contributed by atoms with E-state index in [-0.39, 0.29) is 5.84 Å². The molecule has 2 rings (SSSR count). The van der Waals surface area contributed by atoms with Gasteiger partial charge >= 0.3 is 0 Å². The maximum absolute atomic E-state index is 8.57. The van der Waals surface area contributed by atoms with Crippen molar-refractivity contribution < 1.29 is 5.21 Å². The number of oxime groups is 1. The molecule has 2 heterocycles. The quantitative estimate of drug-likeness (QED) is 0.334. The SMILES string of the molecule is NC(=NO)c1cc(CNc2ccsc2)ccn1. The maximum atomic E-state index is 8.57. The highest BCUT2D eigenvalue weighted by Gasteiger charge is 2.02. The first-order valence-electron chi connectivity index (χ1n) is 4.98. The zero-order chi connectivity index (χ0) is 12.1. The van der Waals surface area contributed by atoms with E-state index >= 15 is 0 Å². The van der Waals surface area contributed by atoms with E-state index in [1.165, 1.54) is 0 Å². The van der Waals surface area contributed by atoms with Crippen LogP contribution >= 0.6 is 11.3 Å². The first-order chi connectivity index (χ1) is 8.29. The molecule has 0 aliphatic heterocycles. The summed E-state index contributed by atoms with van der Waals surface area (Å²) >= 11 is 1.64. The Morgan fingerprint density at radius 2 is 2.41 bits per heavy atom. The Morgan fingerprint density at radius 3 is 3.12 bits per heavy atom. The minimum absolute atomic E-state index is 0.0161. The van der Waals surface area contributed by atoms with E-state index in [0.29, 0.717) is 12.2 Å². The van der Waals surface area contributed by atoms with Gasteiger partial charge in [-0.1, -0.05) is 5.16 Å². The molecular weight excluding hydrogens is 236 g/mol. The Bertz CT molecular complexity index is 510. The second-order valence-corrected chi connectivity index (χ2v) is 4.18. The lowest BCUT2D eigenvalue weighted by atomic mass is 10.2. The predicted molar refractivity (Wildman–Crippen MR) is 68.4 cm³/mol. The fraction of sp³-hybridized carbons (Fsp3) is 0.0909. The van der Waals surface area contributed by atoms with Gasteiger partial charge in [0.2, 0.25) is 0 Å². The molecule has 6 heteroatoms. The van der Waals surface area contributed by atoms with Crippen molar-refractivity contribution in [2.75, 3.05) is 5.32 Å². The highest BCUT2D eigenvalue weighted by molar-refractivity contribution is 7.08. The number of hydrogen-bond donors (Lipinski definition) is 3. The number of pyridine rings is 1. The summed E-state index contributed by atoms with van der Waals surface area (Å²) in [5, 5.41) is 18.8. The highest BCUT2D eigenvalue weighted by Crippen LogP contribution is 2.13. The summed E-state index contributed by atoms with van der Waals surface area (Å²) in [5.41, 5.74) is 8.04. The van der Waals surface area contributed by atoms with Crippen LogP contribution < -0.4 is 11.1 Å². The molecular formula is C11H12N4OS. The Hall–Kier alpha value is -2.08. The third-order valence-electron chi connectivity index (χ3n) is 2.21. The van der Waals surface area contributed by atoms with Crippen molar-refractivity contribution in [1.29, 1.82) is 0 Å².